The van der Waals surface area contributed by atoms with Gasteiger partial charge in [-0.05, 0) is 22.4 Å². The summed E-state index contributed by atoms with van der Waals surface area (Å²) in [5.74, 6) is 0.0824. The first-order chi connectivity index (χ1) is 7.83. The van der Waals surface area contributed by atoms with Gasteiger partial charge in [-0.2, -0.15) is 13.2 Å². The zero-order valence-electron chi connectivity index (χ0n) is 9.20. The third-order valence-electron chi connectivity index (χ3n) is 2.11. The van der Waals surface area contributed by atoms with Crippen LogP contribution in [0.25, 0.3) is 0 Å². The van der Waals surface area contributed by atoms with Gasteiger partial charge >= 0.3 is 6.18 Å². The predicted octanol–water partition coefficient (Wildman–Crippen LogP) is 2.98. The summed E-state index contributed by atoms with van der Waals surface area (Å²) in [6.45, 7) is 1.91. The molecule has 0 radical (unpaired) electrons. The Morgan fingerprint density at radius 3 is 2.53 bits per heavy atom. The van der Waals surface area contributed by atoms with E-state index in [9.17, 15) is 18.0 Å². The molecule has 0 bridgehead atoms. The Morgan fingerprint density at radius 1 is 1.35 bits per heavy atom. The highest BCUT2D eigenvalue weighted by molar-refractivity contribution is 9.10. The first kappa shape index (κ1) is 14.2. The van der Waals surface area contributed by atoms with Crippen molar-refractivity contribution in [2.75, 3.05) is 0 Å². The fourth-order valence-electron chi connectivity index (χ4n) is 1.34. The minimum absolute atomic E-state index is 0.0824. The van der Waals surface area contributed by atoms with Crippen LogP contribution in [0.1, 0.15) is 31.3 Å². The van der Waals surface area contributed by atoms with Crippen molar-refractivity contribution >= 4 is 15.9 Å². The van der Waals surface area contributed by atoms with Crippen molar-refractivity contribution < 1.29 is 13.2 Å². The number of nitrogens with one attached hydrogen (secondary N) is 1. The smallest absolute Gasteiger partial charge is 0.310 e. The molecule has 1 heterocycles. The second-order valence-electron chi connectivity index (χ2n) is 3.64. The Bertz CT molecular complexity index is 442. The van der Waals surface area contributed by atoms with Crippen LogP contribution in [-0.4, -0.2) is 16.1 Å². The predicted molar refractivity (Wildman–Crippen MR) is 60.9 cm³/mol. The van der Waals surface area contributed by atoms with Crippen LogP contribution in [0.15, 0.2) is 9.27 Å². The molecule has 1 aromatic rings. The number of aromatic nitrogens is 2. The van der Waals surface area contributed by atoms with Gasteiger partial charge in [-0.15, -0.1) is 0 Å². The van der Waals surface area contributed by atoms with Crippen molar-refractivity contribution in [3.05, 3.63) is 26.3 Å². The minimum atomic E-state index is -4.24. The first-order valence-corrected chi connectivity index (χ1v) is 5.97. The number of alkyl halides is 3. The summed E-state index contributed by atoms with van der Waals surface area (Å²) in [7, 11) is 0. The van der Waals surface area contributed by atoms with E-state index in [1.165, 1.54) is 0 Å². The van der Waals surface area contributed by atoms with Gasteiger partial charge in [0.2, 0.25) is 0 Å². The first-order valence-electron chi connectivity index (χ1n) is 5.18. The number of nitrogens with zero attached hydrogens (tertiary/aromatic N) is 1. The Labute approximate surface area is 105 Å². The summed E-state index contributed by atoms with van der Waals surface area (Å²) < 4.78 is 36.4. The molecule has 3 nitrogen and oxygen atoms in total. The van der Waals surface area contributed by atoms with Crippen molar-refractivity contribution in [2.24, 2.45) is 0 Å². The van der Waals surface area contributed by atoms with Crippen molar-refractivity contribution in [1.82, 2.24) is 9.97 Å². The van der Waals surface area contributed by atoms with Gasteiger partial charge in [0.25, 0.3) is 5.56 Å². The molecule has 1 N–H and O–H groups in total. The molecular weight excluding hydrogens is 301 g/mol. The minimum Gasteiger partial charge on any atom is -0.310 e. The van der Waals surface area contributed by atoms with Crippen LogP contribution < -0.4 is 5.56 Å². The van der Waals surface area contributed by atoms with Crippen LogP contribution >= 0.6 is 15.9 Å². The number of aryl methyl sites for hydroxylation is 2. The van der Waals surface area contributed by atoms with E-state index in [2.05, 4.69) is 25.9 Å². The van der Waals surface area contributed by atoms with Gasteiger partial charge in [-0.1, -0.05) is 13.3 Å². The van der Waals surface area contributed by atoms with Gasteiger partial charge in [0.15, 0.2) is 0 Å². The lowest BCUT2D eigenvalue weighted by atomic mass is 10.2. The van der Waals surface area contributed by atoms with Crippen molar-refractivity contribution in [3.63, 3.8) is 0 Å². The van der Waals surface area contributed by atoms with E-state index in [1.807, 2.05) is 6.92 Å². The molecule has 0 amide bonds. The van der Waals surface area contributed by atoms with Gasteiger partial charge in [0, 0.05) is 6.42 Å². The summed E-state index contributed by atoms with van der Waals surface area (Å²) in [4.78, 5) is 17.8. The maximum Gasteiger partial charge on any atom is 0.389 e. The van der Waals surface area contributed by atoms with Crippen LogP contribution in [0.4, 0.5) is 13.2 Å². The highest BCUT2D eigenvalue weighted by atomic mass is 79.9. The molecule has 0 atom stereocenters. The molecule has 1 aromatic heterocycles. The molecule has 0 spiro atoms. The highest BCUT2D eigenvalue weighted by Gasteiger charge is 2.27. The Kier molecular flexibility index (Phi) is 4.73. The van der Waals surface area contributed by atoms with Crippen LogP contribution in [0.5, 0.6) is 0 Å². The van der Waals surface area contributed by atoms with Crippen LogP contribution in [0.3, 0.4) is 0 Å². The number of halogens is 4. The quantitative estimate of drug-likeness (QED) is 0.929. The standard InChI is InChI=1S/C10H12BrF3N2O/c1-2-3-6-8(11)9(17)16-7(15-6)4-5-10(12,13)14/h2-5H2,1H3,(H,15,16,17). The maximum absolute atomic E-state index is 12.0. The molecule has 0 fully saturated rings. The van der Waals surface area contributed by atoms with E-state index in [1.54, 1.807) is 0 Å². The third-order valence-corrected chi connectivity index (χ3v) is 2.93. The lowest BCUT2D eigenvalue weighted by Crippen LogP contribution is -2.18. The molecule has 0 saturated carbocycles. The second-order valence-corrected chi connectivity index (χ2v) is 4.43. The van der Waals surface area contributed by atoms with Gasteiger partial charge < -0.3 is 4.98 Å². The number of aromatic amines is 1. The second kappa shape index (κ2) is 5.66. The molecule has 0 aromatic carbocycles. The lowest BCUT2D eigenvalue weighted by molar-refractivity contribution is -0.134. The fourth-order valence-corrected chi connectivity index (χ4v) is 1.72. The SMILES string of the molecule is CCCc1nc(CCC(F)(F)F)[nH]c(=O)c1Br. The fraction of sp³-hybridized carbons (Fsp3) is 0.600. The van der Waals surface area contributed by atoms with Gasteiger partial charge in [-0.3, -0.25) is 4.79 Å². The van der Waals surface area contributed by atoms with Gasteiger partial charge in [0.05, 0.1) is 12.1 Å². The number of hydrogen-bond acceptors (Lipinski definition) is 2. The molecule has 96 valence electrons. The van der Waals surface area contributed by atoms with Crippen molar-refractivity contribution in [2.45, 2.75) is 38.8 Å². The number of rotatable bonds is 4. The van der Waals surface area contributed by atoms with Gasteiger partial charge in [-0.25, -0.2) is 4.98 Å². The highest BCUT2D eigenvalue weighted by Crippen LogP contribution is 2.21. The molecule has 0 unspecified atom stereocenters. The van der Waals surface area contributed by atoms with Crippen LogP contribution in [0.2, 0.25) is 0 Å². The third kappa shape index (κ3) is 4.49. The normalized spacial score (nSPS) is 11.8. The summed E-state index contributed by atoms with van der Waals surface area (Å²) in [5.41, 5.74) is 0.0778. The Balaban J connectivity index is 2.91. The van der Waals surface area contributed by atoms with E-state index >= 15 is 0 Å². The summed E-state index contributed by atoms with van der Waals surface area (Å²) in [6, 6.07) is 0. The zero-order valence-corrected chi connectivity index (χ0v) is 10.8. The summed E-state index contributed by atoms with van der Waals surface area (Å²) in [5, 5.41) is 0. The monoisotopic (exact) mass is 312 g/mol. The molecule has 17 heavy (non-hydrogen) atoms. The summed E-state index contributed by atoms with van der Waals surface area (Å²) >= 11 is 3.08. The van der Waals surface area contributed by atoms with Crippen LogP contribution in [-0.2, 0) is 12.8 Å². The number of hydrogen-bond donors (Lipinski definition) is 1. The average Bonchev–Trinajstić information content (AvgIpc) is 2.21. The van der Waals surface area contributed by atoms with E-state index in [4.69, 9.17) is 0 Å². The maximum atomic E-state index is 12.0. The van der Waals surface area contributed by atoms with E-state index < -0.39 is 18.2 Å². The largest absolute Gasteiger partial charge is 0.389 e. The van der Waals surface area contributed by atoms with Crippen molar-refractivity contribution in [3.8, 4) is 0 Å². The topological polar surface area (TPSA) is 45.8 Å². The molecule has 7 heteroatoms. The summed E-state index contributed by atoms with van der Waals surface area (Å²) in [6.07, 6.45) is -4.19. The van der Waals surface area contributed by atoms with E-state index in [-0.39, 0.29) is 12.2 Å². The molecular formula is C10H12BrF3N2O. The van der Waals surface area contributed by atoms with E-state index in [0.29, 0.717) is 16.6 Å². The molecule has 0 aliphatic carbocycles. The van der Waals surface area contributed by atoms with Gasteiger partial charge in [0.1, 0.15) is 10.3 Å². The average molecular weight is 313 g/mol. The van der Waals surface area contributed by atoms with E-state index in [0.717, 1.165) is 6.42 Å². The van der Waals surface area contributed by atoms with Crippen LogP contribution in [0, 0.1) is 0 Å². The lowest BCUT2D eigenvalue weighted by Gasteiger charge is -2.07. The molecule has 0 aliphatic heterocycles. The zero-order chi connectivity index (χ0) is 13.1. The molecule has 0 saturated heterocycles. The van der Waals surface area contributed by atoms with Crippen molar-refractivity contribution in [1.29, 1.82) is 0 Å². The molecule has 0 aliphatic rings. The Morgan fingerprint density at radius 2 is 2.00 bits per heavy atom. The number of H-pyrrole nitrogens is 1. The Hall–Kier alpha value is -0.850. The molecule has 1 rings (SSSR count).